The standard InChI is InChI=1S/C14H17NO3/c1-8(16)5-10-9(2)15-12-7-14(18-4)13(17-3)6-11(10)12/h6-7,15H,5H2,1-4H3. The van der Waals surface area contributed by atoms with Gasteiger partial charge in [0.2, 0.25) is 0 Å². The number of benzene rings is 1. The van der Waals surface area contributed by atoms with Crippen molar-refractivity contribution in [2.45, 2.75) is 20.3 Å². The lowest BCUT2D eigenvalue weighted by atomic mass is 10.1. The number of ether oxygens (including phenoxy) is 2. The quantitative estimate of drug-likeness (QED) is 0.903. The second kappa shape index (κ2) is 4.72. The van der Waals surface area contributed by atoms with Crippen LogP contribution >= 0.6 is 0 Å². The summed E-state index contributed by atoms with van der Waals surface area (Å²) in [5.41, 5.74) is 3.00. The van der Waals surface area contributed by atoms with Crippen LogP contribution in [0.15, 0.2) is 12.1 Å². The maximum Gasteiger partial charge on any atom is 0.162 e. The van der Waals surface area contributed by atoms with Gasteiger partial charge in [-0.15, -0.1) is 0 Å². The molecule has 1 heterocycles. The monoisotopic (exact) mass is 247 g/mol. The molecular formula is C14H17NO3. The maximum atomic E-state index is 11.3. The zero-order valence-electron chi connectivity index (χ0n) is 11.1. The number of nitrogens with one attached hydrogen (secondary N) is 1. The fourth-order valence-corrected chi connectivity index (χ4v) is 2.19. The van der Waals surface area contributed by atoms with Crippen molar-refractivity contribution in [2.75, 3.05) is 14.2 Å². The van der Waals surface area contributed by atoms with Crippen molar-refractivity contribution >= 4 is 16.7 Å². The molecule has 96 valence electrons. The Morgan fingerprint density at radius 3 is 2.39 bits per heavy atom. The minimum Gasteiger partial charge on any atom is -0.493 e. The summed E-state index contributed by atoms with van der Waals surface area (Å²) >= 11 is 0. The molecule has 18 heavy (non-hydrogen) atoms. The summed E-state index contributed by atoms with van der Waals surface area (Å²) in [5.74, 6) is 1.50. The molecule has 4 heteroatoms. The molecule has 1 aromatic carbocycles. The molecule has 0 aliphatic carbocycles. The largest absolute Gasteiger partial charge is 0.493 e. The molecule has 0 saturated carbocycles. The lowest BCUT2D eigenvalue weighted by Crippen LogP contribution is -1.97. The van der Waals surface area contributed by atoms with Crippen molar-refractivity contribution in [3.63, 3.8) is 0 Å². The summed E-state index contributed by atoms with van der Waals surface area (Å²) in [6.07, 6.45) is 0.432. The van der Waals surface area contributed by atoms with Gasteiger partial charge in [0.25, 0.3) is 0 Å². The lowest BCUT2D eigenvalue weighted by molar-refractivity contribution is -0.116. The van der Waals surface area contributed by atoms with Crippen molar-refractivity contribution in [3.8, 4) is 11.5 Å². The van der Waals surface area contributed by atoms with Crippen LogP contribution in [-0.2, 0) is 11.2 Å². The first-order chi connectivity index (χ1) is 8.56. The first-order valence-corrected chi connectivity index (χ1v) is 5.79. The number of Topliss-reactive ketones (excluding diaryl/α,β-unsaturated/α-hetero) is 1. The fraction of sp³-hybridized carbons (Fsp3) is 0.357. The summed E-state index contributed by atoms with van der Waals surface area (Å²) in [6.45, 7) is 3.57. The summed E-state index contributed by atoms with van der Waals surface area (Å²) < 4.78 is 10.6. The van der Waals surface area contributed by atoms with Gasteiger partial charge in [-0.25, -0.2) is 0 Å². The predicted molar refractivity (Wildman–Crippen MR) is 70.5 cm³/mol. The summed E-state index contributed by atoms with van der Waals surface area (Å²) in [5, 5.41) is 1.01. The third-order valence-corrected chi connectivity index (χ3v) is 3.05. The number of hydrogen-bond donors (Lipinski definition) is 1. The van der Waals surface area contributed by atoms with Gasteiger partial charge in [0, 0.05) is 29.1 Å². The number of rotatable bonds is 4. The summed E-state index contributed by atoms with van der Waals surface area (Å²) in [7, 11) is 3.21. The number of hydrogen-bond acceptors (Lipinski definition) is 3. The Morgan fingerprint density at radius 2 is 1.83 bits per heavy atom. The lowest BCUT2D eigenvalue weighted by Gasteiger charge is -2.07. The van der Waals surface area contributed by atoms with Crippen molar-refractivity contribution in [1.82, 2.24) is 4.98 Å². The number of aromatic amines is 1. The zero-order valence-corrected chi connectivity index (χ0v) is 11.1. The van der Waals surface area contributed by atoms with Crippen molar-refractivity contribution in [3.05, 3.63) is 23.4 Å². The van der Waals surface area contributed by atoms with E-state index in [0.717, 1.165) is 22.2 Å². The number of fused-ring (bicyclic) bond motifs is 1. The van der Waals surface area contributed by atoms with Crippen molar-refractivity contribution < 1.29 is 14.3 Å². The van der Waals surface area contributed by atoms with Crippen molar-refractivity contribution in [2.24, 2.45) is 0 Å². The van der Waals surface area contributed by atoms with Gasteiger partial charge in [-0.3, -0.25) is 4.79 Å². The van der Waals surface area contributed by atoms with Gasteiger partial charge in [-0.05, 0) is 25.5 Å². The zero-order chi connectivity index (χ0) is 13.3. The van der Waals surface area contributed by atoms with Crippen LogP contribution in [-0.4, -0.2) is 25.0 Å². The molecule has 0 amide bonds. The number of methoxy groups -OCH3 is 2. The molecular weight excluding hydrogens is 230 g/mol. The molecule has 0 radical (unpaired) electrons. The van der Waals surface area contributed by atoms with Crippen LogP contribution in [0.1, 0.15) is 18.2 Å². The number of H-pyrrole nitrogens is 1. The van der Waals surface area contributed by atoms with Crippen LogP contribution in [0.3, 0.4) is 0 Å². The second-order valence-corrected chi connectivity index (χ2v) is 4.36. The number of ketones is 1. The van der Waals surface area contributed by atoms with E-state index in [9.17, 15) is 4.79 Å². The molecule has 0 bridgehead atoms. The molecule has 0 atom stereocenters. The number of aromatic nitrogens is 1. The average molecular weight is 247 g/mol. The molecule has 2 rings (SSSR count). The van der Waals surface area contributed by atoms with Gasteiger partial charge in [-0.2, -0.15) is 0 Å². The molecule has 0 spiro atoms. The molecule has 2 aromatic rings. The van der Waals surface area contributed by atoms with Crippen LogP contribution in [0.5, 0.6) is 11.5 Å². The van der Waals surface area contributed by atoms with Crippen LogP contribution in [0.4, 0.5) is 0 Å². The molecule has 0 fully saturated rings. The third kappa shape index (κ3) is 2.06. The molecule has 0 saturated heterocycles. The smallest absolute Gasteiger partial charge is 0.162 e. The Kier molecular flexibility index (Phi) is 3.28. The minimum absolute atomic E-state index is 0.147. The van der Waals surface area contributed by atoms with Gasteiger partial charge in [0.15, 0.2) is 11.5 Å². The van der Waals surface area contributed by atoms with E-state index in [0.29, 0.717) is 17.9 Å². The maximum absolute atomic E-state index is 11.3. The Hall–Kier alpha value is -1.97. The molecule has 1 N–H and O–H groups in total. The highest BCUT2D eigenvalue weighted by atomic mass is 16.5. The average Bonchev–Trinajstić information content (AvgIpc) is 2.63. The van der Waals surface area contributed by atoms with Gasteiger partial charge >= 0.3 is 0 Å². The first-order valence-electron chi connectivity index (χ1n) is 5.79. The van der Waals surface area contributed by atoms with E-state index in [1.807, 2.05) is 19.1 Å². The van der Waals surface area contributed by atoms with Crippen LogP contribution in [0.25, 0.3) is 10.9 Å². The Morgan fingerprint density at radius 1 is 1.22 bits per heavy atom. The SMILES string of the molecule is COc1cc2[nH]c(C)c(CC(C)=O)c2cc1OC. The highest BCUT2D eigenvalue weighted by Gasteiger charge is 2.14. The van der Waals surface area contributed by atoms with E-state index in [2.05, 4.69) is 4.98 Å². The van der Waals surface area contributed by atoms with Gasteiger partial charge < -0.3 is 14.5 Å². The number of carbonyl (C=O) groups is 1. The van der Waals surface area contributed by atoms with Crippen molar-refractivity contribution in [1.29, 1.82) is 0 Å². The molecule has 4 nitrogen and oxygen atoms in total. The topological polar surface area (TPSA) is 51.3 Å². The fourth-order valence-electron chi connectivity index (χ4n) is 2.19. The van der Waals surface area contributed by atoms with E-state index in [-0.39, 0.29) is 5.78 Å². The summed E-state index contributed by atoms with van der Waals surface area (Å²) in [6, 6.07) is 3.81. The highest BCUT2D eigenvalue weighted by molar-refractivity contribution is 5.92. The molecule has 1 aromatic heterocycles. The van der Waals surface area contributed by atoms with Crippen LogP contribution in [0, 0.1) is 6.92 Å². The third-order valence-electron chi connectivity index (χ3n) is 3.05. The van der Waals surface area contributed by atoms with E-state index in [1.165, 1.54) is 0 Å². The number of aryl methyl sites for hydroxylation is 1. The number of carbonyl (C=O) groups excluding carboxylic acids is 1. The normalized spacial score (nSPS) is 10.7. The van der Waals surface area contributed by atoms with E-state index in [4.69, 9.17) is 9.47 Å². The second-order valence-electron chi connectivity index (χ2n) is 4.36. The van der Waals surface area contributed by atoms with Gasteiger partial charge in [0.05, 0.1) is 14.2 Å². The van der Waals surface area contributed by atoms with Gasteiger partial charge in [-0.1, -0.05) is 0 Å². The van der Waals surface area contributed by atoms with Crippen LogP contribution in [0.2, 0.25) is 0 Å². The highest BCUT2D eigenvalue weighted by Crippen LogP contribution is 2.34. The van der Waals surface area contributed by atoms with Crippen LogP contribution < -0.4 is 9.47 Å². The summed E-state index contributed by atoms with van der Waals surface area (Å²) in [4.78, 5) is 14.6. The molecule has 0 aliphatic rings. The Labute approximate surface area is 106 Å². The van der Waals surface area contributed by atoms with E-state index < -0.39 is 0 Å². The minimum atomic E-state index is 0.147. The Bertz CT molecular complexity index is 599. The Balaban J connectivity index is 2.66. The van der Waals surface area contributed by atoms with E-state index in [1.54, 1.807) is 21.1 Å². The van der Waals surface area contributed by atoms with E-state index >= 15 is 0 Å². The first kappa shape index (κ1) is 12.5. The predicted octanol–water partition coefficient (Wildman–Crippen LogP) is 2.63. The van der Waals surface area contributed by atoms with Gasteiger partial charge in [0.1, 0.15) is 5.78 Å². The molecule has 0 aliphatic heterocycles. The molecule has 0 unspecified atom stereocenters.